The summed E-state index contributed by atoms with van der Waals surface area (Å²) >= 11 is 0. The number of hydrogen-bond donors (Lipinski definition) is 9. The molecule has 14 heteroatoms. The molecule has 14 nitrogen and oxygen atoms in total. The number of aliphatic hydroxyl groups excluding tert-OH is 9. The van der Waals surface area contributed by atoms with Gasteiger partial charge in [-0.1, -0.05) is 53.2 Å². The number of aliphatic hydroxyl groups is 9. The SMILES string of the molecule is CO[C@H]1C=C2[C@H]3CC(C)(C)CC[C@]3(CO)[C@@H](O)C[C@@]2(C)[C@]2(C)CCC3C(C)(CO)C(O[C@@H]4O[C@H](CO)[C@H](O)[C@H](O[C@@H]5O[C@H](C)[C@@H](O)[C@H](O)[C@H]5O)[C@H]4O)CC[C@]3(C)C12. The number of rotatable bonds is 8. The van der Waals surface area contributed by atoms with Crippen molar-refractivity contribution in [2.75, 3.05) is 26.9 Å². The number of ether oxygens (including phenoxy) is 5. The molecule has 2 aliphatic heterocycles. The maximum atomic E-state index is 12.1. The zero-order valence-electron chi connectivity index (χ0n) is 35.2. The lowest BCUT2D eigenvalue weighted by atomic mass is 9.32. The highest BCUT2D eigenvalue weighted by molar-refractivity contribution is 5.37. The van der Waals surface area contributed by atoms with Crippen LogP contribution in [0.5, 0.6) is 0 Å². The molecule has 5 aliphatic carbocycles. The summed E-state index contributed by atoms with van der Waals surface area (Å²) in [5.41, 5.74) is -1.03. The van der Waals surface area contributed by atoms with Crippen LogP contribution in [0.1, 0.15) is 99.8 Å². The van der Waals surface area contributed by atoms with E-state index in [9.17, 15) is 46.0 Å². The van der Waals surface area contributed by atoms with Crippen molar-refractivity contribution < 1.29 is 69.6 Å². The Balaban J connectivity index is 1.18. The molecule has 7 rings (SSSR count). The highest BCUT2D eigenvalue weighted by Crippen LogP contribution is 2.76. The van der Waals surface area contributed by atoms with Crippen molar-refractivity contribution >= 4 is 0 Å². The molecule has 57 heavy (non-hydrogen) atoms. The molecule has 0 aromatic carbocycles. The number of fused-ring (bicyclic) bond motifs is 7. The van der Waals surface area contributed by atoms with Crippen molar-refractivity contribution in [1.82, 2.24) is 0 Å². The molecule has 328 valence electrons. The van der Waals surface area contributed by atoms with E-state index in [0.29, 0.717) is 19.3 Å². The molecule has 0 bridgehead atoms. The van der Waals surface area contributed by atoms with Crippen LogP contribution < -0.4 is 0 Å². The second-order valence-electron chi connectivity index (χ2n) is 21.0. The van der Waals surface area contributed by atoms with Crippen LogP contribution in [-0.2, 0) is 23.7 Å². The van der Waals surface area contributed by atoms with E-state index in [-0.39, 0.29) is 58.7 Å². The fraction of sp³-hybridized carbons (Fsp3) is 0.953. The quantitative estimate of drug-likeness (QED) is 0.125. The monoisotopic (exact) mass is 812 g/mol. The lowest BCUT2D eigenvalue weighted by Gasteiger charge is -2.73. The van der Waals surface area contributed by atoms with E-state index in [2.05, 4.69) is 40.7 Å². The molecule has 0 amide bonds. The van der Waals surface area contributed by atoms with Crippen molar-refractivity contribution in [1.29, 1.82) is 0 Å². The van der Waals surface area contributed by atoms with Crippen LogP contribution >= 0.6 is 0 Å². The van der Waals surface area contributed by atoms with E-state index in [1.807, 2.05) is 6.92 Å². The first-order valence-corrected chi connectivity index (χ1v) is 21.4. The van der Waals surface area contributed by atoms with Crippen molar-refractivity contribution in [3.63, 3.8) is 0 Å². The van der Waals surface area contributed by atoms with Gasteiger partial charge in [0.05, 0.1) is 44.2 Å². The Labute approximate surface area is 337 Å². The van der Waals surface area contributed by atoms with Crippen LogP contribution in [0.15, 0.2) is 11.6 Å². The van der Waals surface area contributed by atoms with Gasteiger partial charge in [0.2, 0.25) is 0 Å². The smallest absolute Gasteiger partial charge is 0.187 e. The third-order valence-corrected chi connectivity index (χ3v) is 17.7. The van der Waals surface area contributed by atoms with Gasteiger partial charge in [0.1, 0.15) is 42.7 Å². The lowest BCUT2D eigenvalue weighted by molar-refractivity contribution is -0.369. The van der Waals surface area contributed by atoms with Crippen molar-refractivity contribution in [2.24, 2.45) is 50.2 Å². The zero-order chi connectivity index (χ0) is 41.8. The van der Waals surface area contributed by atoms with E-state index < -0.39 is 91.1 Å². The molecule has 2 heterocycles. The van der Waals surface area contributed by atoms with Crippen LogP contribution in [0, 0.1) is 50.2 Å². The minimum atomic E-state index is -1.69. The number of allylic oxidation sites excluding steroid dienone is 1. The molecule has 7 aliphatic rings. The standard InChI is InChI=1S/C43H72O14/c1-21-29(48)31(50)32(51)36(54-21)57-34-30(49)25(18-44)55-37(33(34)52)56-28-10-11-39(4)26(40(28,5)19-45)9-12-41(6)35(39)24(53-8)15-22-23-16-38(2,3)13-14-43(23,20-46)27(47)17-42(22,41)7/h15,21,23-37,44-52H,9-14,16-20H2,1-8H3/t21-,23-,24+,25-,26?,27+,28?,29-,30+,31+,32-,33-,34+,35?,36+,37+,39+,40?,41-,42-,43-/m1/s1. The lowest BCUT2D eigenvalue weighted by Crippen LogP contribution is -2.70. The van der Waals surface area contributed by atoms with E-state index in [1.165, 1.54) is 12.5 Å². The van der Waals surface area contributed by atoms with E-state index in [1.54, 1.807) is 7.11 Å². The Morgan fingerprint density at radius 2 is 1.42 bits per heavy atom. The number of hydrogen-bond acceptors (Lipinski definition) is 14. The Morgan fingerprint density at radius 1 is 0.737 bits per heavy atom. The first-order chi connectivity index (χ1) is 26.6. The van der Waals surface area contributed by atoms with Crippen LogP contribution in [0.2, 0.25) is 0 Å². The third-order valence-electron chi connectivity index (χ3n) is 17.7. The van der Waals surface area contributed by atoms with Gasteiger partial charge in [-0.3, -0.25) is 0 Å². The fourth-order valence-corrected chi connectivity index (χ4v) is 14.0. The molecule has 0 aromatic heterocycles. The van der Waals surface area contributed by atoms with Crippen LogP contribution in [-0.4, -0.2) is 153 Å². The summed E-state index contributed by atoms with van der Waals surface area (Å²) in [6.07, 6.45) is -7.65. The zero-order valence-corrected chi connectivity index (χ0v) is 35.2. The summed E-state index contributed by atoms with van der Waals surface area (Å²) in [6, 6.07) is 0. The normalized spacial score (nSPS) is 56.1. The molecule has 4 unspecified atom stereocenters. The maximum absolute atomic E-state index is 12.1. The minimum absolute atomic E-state index is 0.0150. The molecule has 4 saturated carbocycles. The Morgan fingerprint density at radius 3 is 2.05 bits per heavy atom. The molecule has 0 radical (unpaired) electrons. The Hall–Kier alpha value is -0.820. The molecule has 21 atom stereocenters. The molecule has 9 N–H and O–H groups in total. The third kappa shape index (κ3) is 6.48. The summed E-state index contributed by atoms with van der Waals surface area (Å²) < 4.78 is 30.6. The van der Waals surface area contributed by atoms with E-state index >= 15 is 0 Å². The second kappa shape index (κ2) is 15.2. The Bertz CT molecular complexity index is 1490. The van der Waals surface area contributed by atoms with Gasteiger partial charge in [0.15, 0.2) is 12.6 Å². The summed E-state index contributed by atoms with van der Waals surface area (Å²) in [5.74, 6) is -0.0215. The highest BCUT2D eigenvalue weighted by atomic mass is 16.7. The average Bonchev–Trinajstić information content (AvgIpc) is 3.16. The second-order valence-corrected chi connectivity index (χ2v) is 21.0. The first-order valence-electron chi connectivity index (χ1n) is 21.4. The van der Waals surface area contributed by atoms with Gasteiger partial charge in [-0.15, -0.1) is 0 Å². The summed E-state index contributed by atoms with van der Waals surface area (Å²) in [7, 11) is 1.77. The van der Waals surface area contributed by atoms with Crippen molar-refractivity contribution in [3.8, 4) is 0 Å². The summed E-state index contributed by atoms with van der Waals surface area (Å²) in [5, 5.41) is 98.6. The molecule has 0 aromatic rings. The van der Waals surface area contributed by atoms with E-state index in [0.717, 1.165) is 32.1 Å². The molecule has 0 spiro atoms. The molecular formula is C43H72O14. The summed E-state index contributed by atoms with van der Waals surface area (Å²) in [6.45, 7) is 14.2. The van der Waals surface area contributed by atoms with Gasteiger partial charge in [0.25, 0.3) is 0 Å². The van der Waals surface area contributed by atoms with Gasteiger partial charge >= 0.3 is 0 Å². The first kappa shape index (κ1) is 44.2. The highest BCUT2D eigenvalue weighted by Gasteiger charge is 2.72. The van der Waals surface area contributed by atoms with Crippen LogP contribution in [0.4, 0.5) is 0 Å². The van der Waals surface area contributed by atoms with Gasteiger partial charge < -0.3 is 69.6 Å². The predicted molar refractivity (Wildman–Crippen MR) is 205 cm³/mol. The predicted octanol–water partition coefficient (Wildman–Crippen LogP) is 1.39. The van der Waals surface area contributed by atoms with Crippen molar-refractivity contribution in [3.05, 3.63) is 11.6 Å². The van der Waals surface area contributed by atoms with Gasteiger partial charge in [0, 0.05) is 23.9 Å². The fourth-order valence-electron chi connectivity index (χ4n) is 14.0. The van der Waals surface area contributed by atoms with Gasteiger partial charge in [-0.05, 0) is 91.8 Å². The van der Waals surface area contributed by atoms with Crippen LogP contribution in [0.25, 0.3) is 0 Å². The van der Waals surface area contributed by atoms with Gasteiger partial charge in [-0.25, -0.2) is 0 Å². The van der Waals surface area contributed by atoms with Crippen LogP contribution in [0.3, 0.4) is 0 Å². The largest absolute Gasteiger partial charge is 0.396 e. The maximum Gasteiger partial charge on any atom is 0.187 e. The number of methoxy groups -OCH3 is 1. The van der Waals surface area contributed by atoms with Crippen molar-refractivity contribution in [2.45, 2.75) is 180 Å². The minimum Gasteiger partial charge on any atom is -0.396 e. The topological polar surface area (TPSA) is 228 Å². The molecular weight excluding hydrogens is 740 g/mol. The Kier molecular flexibility index (Phi) is 11.8. The molecule has 6 fully saturated rings. The average molecular weight is 813 g/mol. The summed E-state index contributed by atoms with van der Waals surface area (Å²) in [4.78, 5) is 0. The molecule has 2 saturated heterocycles. The van der Waals surface area contributed by atoms with E-state index in [4.69, 9.17) is 23.7 Å². The van der Waals surface area contributed by atoms with Gasteiger partial charge in [-0.2, -0.15) is 0 Å².